The number of rotatable bonds is 6. The molecule has 2 unspecified atom stereocenters. The number of aliphatic imine (C=N–C) groups is 1. The van der Waals surface area contributed by atoms with Crippen LogP contribution in [-0.4, -0.2) is 68.5 Å². The zero-order valence-corrected chi connectivity index (χ0v) is 21.3. The number of carbonyl (C=O) groups excluding carboxylic acids is 1. The van der Waals surface area contributed by atoms with Crippen LogP contribution in [0.1, 0.15) is 43.7 Å². The number of hydrogen-bond donors (Lipinski definition) is 2. The number of carbonyl (C=O) groups is 1. The molecule has 1 saturated carbocycles. The number of likely N-dealkylation sites (tertiary alicyclic amines) is 1. The molecule has 2 aliphatic rings. The van der Waals surface area contributed by atoms with Crippen LogP contribution in [0.4, 0.5) is 0 Å². The number of amides is 1. The van der Waals surface area contributed by atoms with Gasteiger partial charge < -0.3 is 20.4 Å². The summed E-state index contributed by atoms with van der Waals surface area (Å²) in [7, 11) is 5.93. The summed E-state index contributed by atoms with van der Waals surface area (Å²) in [6.07, 6.45) is 5.49. The van der Waals surface area contributed by atoms with E-state index in [1.807, 2.05) is 17.0 Å². The van der Waals surface area contributed by atoms with Gasteiger partial charge in [-0.1, -0.05) is 36.6 Å². The second-order valence-electron chi connectivity index (χ2n) is 8.38. The van der Waals surface area contributed by atoms with E-state index in [1.54, 1.807) is 7.05 Å². The minimum Gasteiger partial charge on any atom is -0.354 e. The first-order chi connectivity index (χ1) is 14.0. The zero-order chi connectivity index (χ0) is 20.8. The highest BCUT2D eigenvalue weighted by Gasteiger charge is 2.32. The van der Waals surface area contributed by atoms with Crippen LogP contribution < -0.4 is 10.6 Å². The Balaban J connectivity index is 0.00000320. The van der Waals surface area contributed by atoms with E-state index in [1.165, 1.54) is 18.4 Å². The third-order valence-electron chi connectivity index (χ3n) is 6.11. The quantitative estimate of drug-likeness (QED) is 0.325. The van der Waals surface area contributed by atoms with E-state index in [0.29, 0.717) is 5.91 Å². The van der Waals surface area contributed by atoms with E-state index in [9.17, 15) is 4.79 Å². The third kappa shape index (κ3) is 6.72. The summed E-state index contributed by atoms with van der Waals surface area (Å²) >= 11 is 6.03. The number of halogens is 2. The van der Waals surface area contributed by atoms with Crippen LogP contribution >= 0.6 is 35.6 Å². The van der Waals surface area contributed by atoms with Gasteiger partial charge in [0.1, 0.15) is 0 Å². The highest BCUT2D eigenvalue weighted by atomic mass is 127. The Morgan fingerprint density at radius 1 is 1.23 bits per heavy atom. The molecular formula is C22H35ClIN5O. The Kier molecular flexibility index (Phi) is 10.2. The third-order valence-corrected chi connectivity index (χ3v) is 6.36. The molecule has 1 heterocycles. The predicted molar refractivity (Wildman–Crippen MR) is 135 cm³/mol. The van der Waals surface area contributed by atoms with Gasteiger partial charge >= 0.3 is 0 Å². The van der Waals surface area contributed by atoms with Gasteiger partial charge in [0.05, 0.1) is 6.04 Å². The Bertz CT molecular complexity index is 706. The van der Waals surface area contributed by atoms with E-state index < -0.39 is 0 Å². The molecular weight excluding hydrogens is 513 g/mol. The van der Waals surface area contributed by atoms with Gasteiger partial charge in [-0.25, -0.2) is 0 Å². The molecule has 1 aliphatic heterocycles. The fraction of sp³-hybridized carbons (Fsp3) is 0.636. The second kappa shape index (κ2) is 12.1. The Morgan fingerprint density at radius 2 is 1.90 bits per heavy atom. The maximum absolute atomic E-state index is 12.7. The number of nitrogens with one attached hydrogen (secondary N) is 2. The fourth-order valence-corrected chi connectivity index (χ4v) is 4.50. The van der Waals surface area contributed by atoms with Crippen molar-refractivity contribution < 1.29 is 4.79 Å². The topological polar surface area (TPSA) is 60.0 Å². The monoisotopic (exact) mass is 547 g/mol. The molecule has 1 saturated heterocycles. The smallest absolute Gasteiger partial charge is 0.225 e. The van der Waals surface area contributed by atoms with E-state index in [2.05, 4.69) is 46.8 Å². The Labute approximate surface area is 202 Å². The minimum atomic E-state index is 0. The Hall–Kier alpha value is -1.06. The molecule has 3 rings (SSSR count). The van der Waals surface area contributed by atoms with Gasteiger partial charge in [-0.3, -0.25) is 9.79 Å². The maximum atomic E-state index is 12.7. The Morgan fingerprint density at radius 3 is 2.50 bits per heavy atom. The van der Waals surface area contributed by atoms with Crippen molar-refractivity contribution in [2.45, 2.75) is 44.2 Å². The van der Waals surface area contributed by atoms with Crippen LogP contribution in [0.15, 0.2) is 29.3 Å². The lowest BCUT2D eigenvalue weighted by molar-refractivity contribution is -0.134. The summed E-state index contributed by atoms with van der Waals surface area (Å²) in [5.74, 6) is 1.39. The lowest BCUT2D eigenvalue weighted by atomic mass is 10.1. The van der Waals surface area contributed by atoms with Crippen LogP contribution in [0.3, 0.4) is 0 Å². The average molecular weight is 548 g/mol. The first-order valence-electron chi connectivity index (χ1n) is 10.7. The summed E-state index contributed by atoms with van der Waals surface area (Å²) in [6, 6.07) is 8.43. The highest BCUT2D eigenvalue weighted by molar-refractivity contribution is 14.0. The van der Waals surface area contributed by atoms with Crippen LogP contribution in [0.5, 0.6) is 0 Å². The van der Waals surface area contributed by atoms with Gasteiger partial charge in [-0.15, -0.1) is 24.0 Å². The molecule has 2 N–H and O–H groups in total. The summed E-state index contributed by atoms with van der Waals surface area (Å²) in [4.78, 5) is 21.3. The van der Waals surface area contributed by atoms with Gasteiger partial charge in [0.25, 0.3) is 0 Å². The van der Waals surface area contributed by atoms with Gasteiger partial charge in [0, 0.05) is 43.7 Å². The SMILES string of the molecule is CN=C(NCC(c1ccc(Cl)cc1)N(C)C)NC1CCN(C(=O)C2CCCC2)C1.I. The summed E-state index contributed by atoms with van der Waals surface area (Å²) in [6.45, 7) is 2.34. The predicted octanol–water partition coefficient (Wildman–Crippen LogP) is 3.52. The first-order valence-corrected chi connectivity index (χ1v) is 11.0. The van der Waals surface area contributed by atoms with E-state index in [0.717, 1.165) is 49.9 Å². The largest absolute Gasteiger partial charge is 0.354 e. The summed E-state index contributed by atoms with van der Waals surface area (Å²) in [5, 5.41) is 7.70. The molecule has 1 amide bonds. The number of benzene rings is 1. The number of hydrogen-bond acceptors (Lipinski definition) is 3. The van der Waals surface area contributed by atoms with E-state index in [4.69, 9.17) is 11.6 Å². The van der Waals surface area contributed by atoms with Crippen molar-refractivity contribution in [1.82, 2.24) is 20.4 Å². The van der Waals surface area contributed by atoms with Gasteiger partial charge in [0.15, 0.2) is 5.96 Å². The van der Waals surface area contributed by atoms with Crippen LogP contribution in [0.25, 0.3) is 0 Å². The molecule has 30 heavy (non-hydrogen) atoms. The minimum absolute atomic E-state index is 0. The van der Waals surface area contributed by atoms with E-state index >= 15 is 0 Å². The van der Waals surface area contributed by atoms with Crippen molar-refractivity contribution in [3.8, 4) is 0 Å². The molecule has 2 fully saturated rings. The van der Waals surface area contributed by atoms with Crippen molar-refractivity contribution in [3.05, 3.63) is 34.9 Å². The lowest BCUT2D eigenvalue weighted by Gasteiger charge is -2.27. The molecule has 8 heteroatoms. The molecule has 168 valence electrons. The molecule has 0 radical (unpaired) electrons. The van der Waals surface area contributed by atoms with Crippen molar-refractivity contribution >= 4 is 47.4 Å². The maximum Gasteiger partial charge on any atom is 0.225 e. The first kappa shape index (κ1) is 25.2. The van der Waals surface area contributed by atoms with Crippen molar-refractivity contribution in [1.29, 1.82) is 0 Å². The average Bonchev–Trinajstić information content (AvgIpc) is 3.40. The van der Waals surface area contributed by atoms with Gasteiger partial charge in [-0.05, 0) is 51.1 Å². The van der Waals surface area contributed by atoms with Crippen molar-refractivity contribution in [2.75, 3.05) is 40.8 Å². The summed E-state index contributed by atoms with van der Waals surface area (Å²) in [5.41, 5.74) is 1.21. The second-order valence-corrected chi connectivity index (χ2v) is 8.82. The van der Waals surface area contributed by atoms with Crippen LogP contribution in [0.2, 0.25) is 5.02 Å². The van der Waals surface area contributed by atoms with Crippen LogP contribution in [0, 0.1) is 5.92 Å². The molecule has 0 spiro atoms. The number of nitrogens with zero attached hydrogens (tertiary/aromatic N) is 3. The van der Waals surface area contributed by atoms with Crippen LogP contribution in [-0.2, 0) is 4.79 Å². The van der Waals surface area contributed by atoms with E-state index in [-0.39, 0.29) is 42.0 Å². The lowest BCUT2D eigenvalue weighted by Crippen LogP contribution is -2.47. The molecule has 6 nitrogen and oxygen atoms in total. The van der Waals surface area contributed by atoms with Crippen molar-refractivity contribution in [3.63, 3.8) is 0 Å². The summed E-state index contributed by atoms with van der Waals surface area (Å²) < 4.78 is 0. The molecule has 1 aromatic rings. The molecule has 1 aliphatic carbocycles. The molecule has 2 atom stereocenters. The van der Waals surface area contributed by atoms with Gasteiger partial charge in [0.2, 0.25) is 5.91 Å². The highest BCUT2D eigenvalue weighted by Crippen LogP contribution is 2.28. The molecule has 0 aromatic heterocycles. The fourth-order valence-electron chi connectivity index (χ4n) is 4.37. The van der Waals surface area contributed by atoms with Crippen molar-refractivity contribution in [2.24, 2.45) is 10.9 Å². The number of guanidine groups is 1. The normalized spacial score (nSPS) is 20.9. The zero-order valence-electron chi connectivity index (χ0n) is 18.2. The standard InChI is InChI=1S/C22H34ClN5O.HI/c1-24-22(25-14-20(27(2)3)16-8-10-18(23)11-9-16)26-19-12-13-28(15-19)21(29)17-6-4-5-7-17;/h8-11,17,19-20H,4-7,12-15H2,1-3H3,(H2,24,25,26);1H. The van der Waals surface area contributed by atoms with Gasteiger partial charge in [-0.2, -0.15) is 0 Å². The molecule has 0 bridgehead atoms. The number of likely N-dealkylation sites (N-methyl/N-ethyl adjacent to an activating group) is 1. The molecule has 1 aromatic carbocycles.